The molecule has 2 aromatic rings. The summed E-state index contributed by atoms with van der Waals surface area (Å²) in [4.78, 5) is 37.2. The van der Waals surface area contributed by atoms with Crippen LogP contribution < -0.4 is 15.1 Å². The number of carbonyl (C=O) groups excluding carboxylic acids is 2. The van der Waals surface area contributed by atoms with Gasteiger partial charge in [-0.15, -0.1) is 0 Å². The first kappa shape index (κ1) is 23.9. The topological polar surface area (TPSA) is 121 Å². The Labute approximate surface area is 200 Å². The summed E-state index contributed by atoms with van der Waals surface area (Å²) in [5.74, 6) is -0.681. The van der Waals surface area contributed by atoms with Crippen LogP contribution in [-0.4, -0.2) is 73.5 Å². The summed E-state index contributed by atoms with van der Waals surface area (Å²) in [6, 6.07) is 11.0. The van der Waals surface area contributed by atoms with Crippen molar-refractivity contribution in [2.45, 2.75) is 13.0 Å². The number of ether oxygens (including phenoxy) is 1. The molecule has 2 aliphatic heterocycles. The van der Waals surface area contributed by atoms with Crippen LogP contribution in [0.4, 0.5) is 26.2 Å². The summed E-state index contributed by atoms with van der Waals surface area (Å²) in [7, 11) is 0. The molecule has 1 N–H and O–H groups in total. The lowest BCUT2D eigenvalue weighted by molar-refractivity contribution is -0.385. The zero-order chi connectivity index (χ0) is 24.9. The number of hydrazone groups is 1. The molecule has 0 bridgehead atoms. The minimum Gasteiger partial charge on any atom is -0.442 e. The largest absolute Gasteiger partial charge is 0.442 e. The minimum atomic E-state index is -0.586. The molecule has 11 nitrogen and oxygen atoms in total. The third-order valence-electron chi connectivity index (χ3n) is 5.79. The Morgan fingerprint density at radius 1 is 1.26 bits per heavy atom. The fourth-order valence-corrected chi connectivity index (χ4v) is 3.98. The number of nitro groups is 1. The fraction of sp³-hybridized carbons (Fsp3) is 0.348. The standard InChI is InChI=1S/C23H25FN6O5/c1-16(31)25-14-19-15-29(23(32)35-19)18-6-7-22(20(24)12-18)27-8-10-28(11-9-27)26-13-17-4-2-3-5-21(17)30(33)34/h2-7,12-13,19H,8-11,14-15H2,1H3,(H,25,31)/b26-13+/t19-/m0/s1. The van der Waals surface area contributed by atoms with Gasteiger partial charge in [-0.2, -0.15) is 5.10 Å². The van der Waals surface area contributed by atoms with Crippen molar-refractivity contribution in [1.82, 2.24) is 10.3 Å². The van der Waals surface area contributed by atoms with Gasteiger partial charge in [0.05, 0.1) is 54.3 Å². The first-order chi connectivity index (χ1) is 16.8. The molecule has 1 atom stereocenters. The molecule has 35 heavy (non-hydrogen) atoms. The maximum Gasteiger partial charge on any atom is 0.414 e. The van der Waals surface area contributed by atoms with Crippen LogP contribution in [0.25, 0.3) is 0 Å². The van der Waals surface area contributed by atoms with E-state index in [0.29, 0.717) is 43.1 Å². The molecule has 2 heterocycles. The van der Waals surface area contributed by atoms with Gasteiger partial charge in [0.25, 0.3) is 5.69 Å². The molecule has 12 heteroatoms. The van der Waals surface area contributed by atoms with E-state index in [0.717, 1.165) is 0 Å². The van der Waals surface area contributed by atoms with E-state index >= 15 is 0 Å². The number of hydrogen-bond donors (Lipinski definition) is 1. The van der Waals surface area contributed by atoms with E-state index in [1.807, 2.05) is 4.90 Å². The number of hydrogen-bond acceptors (Lipinski definition) is 8. The Kier molecular flexibility index (Phi) is 7.09. The van der Waals surface area contributed by atoms with Crippen LogP contribution in [0.15, 0.2) is 47.6 Å². The van der Waals surface area contributed by atoms with E-state index in [1.54, 1.807) is 35.3 Å². The third-order valence-corrected chi connectivity index (χ3v) is 5.79. The smallest absolute Gasteiger partial charge is 0.414 e. The maximum atomic E-state index is 15.0. The monoisotopic (exact) mass is 484 g/mol. The van der Waals surface area contributed by atoms with Crippen molar-refractivity contribution in [3.05, 3.63) is 64.0 Å². The number of nitro benzene ring substituents is 1. The molecule has 0 unspecified atom stereocenters. The van der Waals surface area contributed by atoms with Gasteiger partial charge in [0.2, 0.25) is 5.91 Å². The number of nitrogens with one attached hydrogen (secondary N) is 1. The van der Waals surface area contributed by atoms with Gasteiger partial charge in [0, 0.05) is 26.1 Å². The molecule has 0 spiro atoms. The van der Waals surface area contributed by atoms with Crippen molar-refractivity contribution >= 4 is 35.3 Å². The van der Waals surface area contributed by atoms with Crippen LogP contribution in [0.1, 0.15) is 12.5 Å². The second-order valence-corrected chi connectivity index (χ2v) is 8.19. The van der Waals surface area contributed by atoms with Crippen molar-refractivity contribution in [2.75, 3.05) is 49.1 Å². The normalized spacial score (nSPS) is 18.2. The Morgan fingerprint density at radius 3 is 2.69 bits per heavy atom. The molecule has 2 saturated heterocycles. The van der Waals surface area contributed by atoms with Crippen LogP contribution in [-0.2, 0) is 9.53 Å². The molecule has 0 aromatic heterocycles. The predicted molar refractivity (Wildman–Crippen MR) is 127 cm³/mol. The van der Waals surface area contributed by atoms with Crippen molar-refractivity contribution in [3.63, 3.8) is 0 Å². The van der Waals surface area contributed by atoms with Crippen molar-refractivity contribution in [3.8, 4) is 0 Å². The molecule has 0 saturated carbocycles. The van der Waals surface area contributed by atoms with Gasteiger partial charge in [-0.25, -0.2) is 9.18 Å². The molecule has 2 fully saturated rings. The number of amides is 2. The second kappa shape index (κ2) is 10.4. The van der Waals surface area contributed by atoms with Crippen LogP contribution in [0.3, 0.4) is 0 Å². The van der Waals surface area contributed by atoms with Crippen LogP contribution in [0, 0.1) is 15.9 Å². The van der Waals surface area contributed by atoms with E-state index in [4.69, 9.17) is 4.74 Å². The molecule has 2 aliphatic rings. The number of rotatable bonds is 7. The van der Waals surface area contributed by atoms with Gasteiger partial charge in [-0.05, 0) is 24.3 Å². The Balaban J connectivity index is 1.35. The second-order valence-electron chi connectivity index (χ2n) is 8.19. The van der Waals surface area contributed by atoms with Crippen molar-refractivity contribution < 1.29 is 23.6 Å². The number of carbonyl (C=O) groups is 2. The number of benzene rings is 2. The van der Waals surface area contributed by atoms with Crippen molar-refractivity contribution in [2.24, 2.45) is 5.10 Å². The average molecular weight is 484 g/mol. The van der Waals surface area contributed by atoms with E-state index in [-0.39, 0.29) is 24.7 Å². The van der Waals surface area contributed by atoms with Gasteiger partial charge in [0.1, 0.15) is 11.9 Å². The van der Waals surface area contributed by atoms with Crippen LogP contribution >= 0.6 is 0 Å². The molecular weight excluding hydrogens is 459 g/mol. The highest BCUT2D eigenvalue weighted by Crippen LogP contribution is 2.28. The zero-order valence-electron chi connectivity index (χ0n) is 19.1. The summed E-state index contributed by atoms with van der Waals surface area (Å²) in [5.41, 5.74) is 1.20. The number of cyclic esters (lactones) is 1. The lowest BCUT2D eigenvalue weighted by atomic mass is 10.2. The highest BCUT2D eigenvalue weighted by Gasteiger charge is 2.33. The van der Waals surface area contributed by atoms with E-state index in [1.165, 1.54) is 30.2 Å². The van der Waals surface area contributed by atoms with Gasteiger partial charge in [0.15, 0.2) is 0 Å². The Morgan fingerprint density at radius 2 is 2.00 bits per heavy atom. The van der Waals surface area contributed by atoms with Gasteiger partial charge in [-0.1, -0.05) is 12.1 Å². The molecule has 0 radical (unpaired) electrons. The highest BCUT2D eigenvalue weighted by molar-refractivity contribution is 5.90. The first-order valence-electron chi connectivity index (χ1n) is 11.1. The lowest BCUT2D eigenvalue weighted by Gasteiger charge is -2.34. The lowest BCUT2D eigenvalue weighted by Crippen LogP contribution is -2.44. The third kappa shape index (κ3) is 5.65. The quantitative estimate of drug-likeness (QED) is 0.364. The number of halogens is 1. The number of nitrogens with zero attached hydrogens (tertiary/aromatic N) is 5. The van der Waals surface area contributed by atoms with Crippen LogP contribution in [0.5, 0.6) is 0 Å². The summed E-state index contributed by atoms with van der Waals surface area (Å²) in [5, 5.41) is 19.9. The maximum absolute atomic E-state index is 15.0. The van der Waals surface area contributed by atoms with E-state index in [9.17, 15) is 24.1 Å². The summed E-state index contributed by atoms with van der Waals surface area (Å²) in [6.45, 7) is 3.84. The predicted octanol–water partition coefficient (Wildman–Crippen LogP) is 2.35. The van der Waals surface area contributed by atoms with Crippen molar-refractivity contribution in [1.29, 1.82) is 0 Å². The van der Waals surface area contributed by atoms with Gasteiger partial charge >= 0.3 is 6.09 Å². The summed E-state index contributed by atoms with van der Waals surface area (Å²) < 4.78 is 20.2. The molecule has 0 aliphatic carbocycles. The molecule has 184 valence electrons. The SMILES string of the molecule is CC(=O)NC[C@H]1CN(c2ccc(N3CCN(/N=C/c4ccccc4[N+](=O)[O-])CC3)c(F)c2)C(=O)O1. The molecule has 4 rings (SSSR count). The van der Waals surface area contributed by atoms with Gasteiger partial charge < -0.3 is 15.0 Å². The van der Waals surface area contributed by atoms with E-state index < -0.39 is 22.9 Å². The summed E-state index contributed by atoms with van der Waals surface area (Å²) >= 11 is 0. The Hall–Kier alpha value is -4.22. The van der Waals surface area contributed by atoms with E-state index in [2.05, 4.69) is 10.4 Å². The average Bonchev–Trinajstić information content (AvgIpc) is 3.22. The highest BCUT2D eigenvalue weighted by atomic mass is 19.1. The number of piperazine rings is 1. The molecular formula is C23H25FN6O5. The Bertz CT molecular complexity index is 1150. The number of anilines is 2. The number of para-hydroxylation sites is 1. The summed E-state index contributed by atoms with van der Waals surface area (Å²) in [6.07, 6.45) is 0.384. The van der Waals surface area contributed by atoms with Gasteiger partial charge in [-0.3, -0.25) is 24.8 Å². The fourth-order valence-electron chi connectivity index (χ4n) is 3.98. The zero-order valence-corrected chi connectivity index (χ0v) is 19.1. The van der Waals surface area contributed by atoms with Crippen LogP contribution in [0.2, 0.25) is 0 Å². The molecule has 2 aromatic carbocycles. The molecule has 2 amide bonds. The minimum absolute atomic E-state index is 0.0135. The first-order valence-corrected chi connectivity index (χ1v) is 11.1.